The van der Waals surface area contributed by atoms with Crippen molar-refractivity contribution in [3.05, 3.63) is 12.2 Å². The van der Waals surface area contributed by atoms with Crippen molar-refractivity contribution in [2.45, 2.75) is 38.6 Å². The summed E-state index contributed by atoms with van der Waals surface area (Å²) in [6, 6.07) is 0.491. The van der Waals surface area contributed by atoms with E-state index < -0.39 is 0 Å². The first-order chi connectivity index (χ1) is 8.60. The quantitative estimate of drug-likeness (QED) is 0.662. The van der Waals surface area contributed by atoms with E-state index in [0.717, 1.165) is 38.3 Å². The zero-order valence-corrected chi connectivity index (χ0v) is 11.6. The summed E-state index contributed by atoms with van der Waals surface area (Å²) in [7, 11) is 2.17. The van der Waals surface area contributed by atoms with Crippen LogP contribution in [0.5, 0.6) is 0 Å². The van der Waals surface area contributed by atoms with Crippen molar-refractivity contribution in [2.75, 3.05) is 26.7 Å². The van der Waals surface area contributed by atoms with E-state index in [1.807, 2.05) is 0 Å². The van der Waals surface area contributed by atoms with Gasteiger partial charge in [-0.2, -0.15) is 0 Å². The van der Waals surface area contributed by atoms with Crippen LogP contribution in [0.1, 0.15) is 32.6 Å². The zero-order valence-electron chi connectivity index (χ0n) is 11.6. The van der Waals surface area contributed by atoms with Gasteiger partial charge in [0, 0.05) is 25.7 Å². The standard InChI is InChI=1S/C15H24N2O/c1-15(7-4-3-5-8-15)14(18)17-9-6-12-10-16(2)11-13(12)17/h3-4,12-13H,5-11H2,1-2H3/t12-,13+,15?/m0/s1. The van der Waals surface area contributed by atoms with Gasteiger partial charge in [-0.15, -0.1) is 0 Å². The number of amides is 1. The van der Waals surface area contributed by atoms with Crippen molar-refractivity contribution in [3.63, 3.8) is 0 Å². The minimum atomic E-state index is -0.134. The Morgan fingerprint density at radius 2 is 2.17 bits per heavy atom. The summed E-state index contributed by atoms with van der Waals surface area (Å²) in [5.74, 6) is 1.14. The van der Waals surface area contributed by atoms with Gasteiger partial charge < -0.3 is 9.80 Å². The molecule has 1 unspecified atom stereocenters. The first-order valence-corrected chi connectivity index (χ1v) is 7.25. The van der Waals surface area contributed by atoms with Crippen molar-refractivity contribution in [3.8, 4) is 0 Å². The van der Waals surface area contributed by atoms with Crippen LogP contribution in [0.25, 0.3) is 0 Å². The largest absolute Gasteiger partial charge is 0.338 e. The van der Waals surface area contributed by atoms with Gasteiger partial charge in [0.2, 0.25) is 5.91 Å². The van der Waals surface area contributed by atoms with Gasteiger partial charge in [-0.25, -0.2) is 0 Å². The minimum absolute atomic E-state index is 0.134. The number of carbonyl (C=O) groups excluding carboxylic acids is 1. The van der Waals surface area contributed by atoms with Crippen LogP contribution >= 0.6 is 0 Å². The molecule has 0 radical (unpaired) electrons. The normalized spacial score (nSPS) is 40.2. The van der Waals surface area contributed by atoms with E-state index in [-0.39, 0.29) is 5.41 Å². The van der Waals surface area contributed by atoms with Gasteiger partial charge in [0.05, 0.1) is 5.41 Å². The van der Waals surface area contributed by atoms with Crippen LogP contribution in [0, 0.1) is 11.3 Å². The molecule has 2 fully saturated rings. The molecule has 0 aromatic rings. The molecule has 0 saturated carbocycles. The molecule has 2 saturated heterocycles. The number of carbonyl (C=O) groups is 1. The number of rotatable bonds is 1. The third-order valence-electron chi connectivity index (χ3n) is 5.11. The fraction of sp³-hybridized carbons (Fsp3) is 0.800. The number of nitrogens with zero attached hydrogens (tertiary/aromatic N) is 2. The third kappa shape index (κ3) is 1.89. The fourth-order valence-electron chi connectivity index (χ4n) is 3.93. The molecule has 1 amide bonds. The Kier molecular flexibility index (Phi) is 2.97. The molecule has 0 bridgehead atoms. The molecule has 100 valence electrons. The number of hydrogen-bond acceptors (Lipinski definition) is 2. The average molecular weight is 248 g/mol. The molecule has 0 aromatic carbocycles. The van der Waals surface area contributed by atoms with Crippen LogP contribution < -0.4 is 0 Å². The van der Waals surface area contributed by atoms with E-state index in [0.29, 0.717) is 11.9 Å². The second-order valence-corrected chi connectivity index (χ2v) is 6.61. The van der Waals surface area contributed by atoms with Crippen LogP contribution in [-0.4, -0.2) is 48.4 Å². The summed E-state index contributed by atoms with van der Waals surface area (Å²) in [5.41, 5.74) is -0.134. The van der Waals surface area contributed by atoms with Crippen LogP contribution in [-0.2, 0) is 4.79 Å². The maximum Gasteiger partial charge on any atom is 0.229 e. The lowest BCUT2D eigenvalue weighted by molar-refractivity contribution is -0.142. The summed E-state index contributed by atoms with van der Waals surface area (Å²) in [5, 5.41) is 0. The molecular weight excluding hydrogens is 224 g/mol. The Labute approximate surface area is 110 Å². The lowest BCUT2D eigenvalue weighted by Gasteiger charge is -2.36. The highest BCUT2D eigenvalue weighted by atomic mass is 16.2. The molecular formula is C15H24N2O. The molecule has 2 heterocycles. The van der Waals surface area contributed by atoms with Crippen molar-refractivity contribution in [1.82, 2.24) is 9.80 Å². The Balaban J connectivity index is 1.75. The number of likely N-dealkylation sites (N-methyl/N-ethyl adjacent to an activating group) is 1. The van der Waals surface area contributed by atoms with Gasteiger partial charge in [-0.05, 0) is 38.6 Å². The van der Waals surface area contributed by atoms with Crippen LogP contribution in [0.3, 0.4) is 0 Å². The van der Waals surface area contributed by atoms with Crippen molar-refractivity contribution >= 4 is 5.91 Å². The molecule has 1 aliphatic carbocycles. The average Bonchev–Trinajstić information content (AvgIpc) is 2.88. The number of hydrogen-bond donors (Lipinski definition) is 0. The highest BCUT2D eigenvalue weighted by molar-refractivity contribution is 5.83. The molecule has 3 aliphatic rings. The minimum Gasteiger partial charge on any atom is -0.338 e. The summed E-state index contributed by atoms with van der Waals surface area (Å²) in [6.07, 6.45) is 8.61. The van der Waals surface area contributed by atoms with Crippen LogP contribution in [0.15, 0.2) is 12.2 Å². The molecule has 18 heavy (non-hydrogen) atoms. The van der Waals surface area contributed by atoms with E-state index in [9.17, 15) is 4.79 Å². The van der Waals surface area contributed by atoms with Gasteiger partial charge in [0.1, 0.15) is 0 Å². The fourth-order valence-corrected chi connectivity index (χ4v) is 3.93. The molecule has 3 rings (SSSR count). The SMILES string of the molecule is CN1C[C@@H]2CCN(C(=O)C3(C)CC=CCC3)[C@@H]2C1. The Morgan fingerprint density at radius 1 is 1.33 bits per heavy atom. The molecule has 3 heteroatoms. The van der Waals surface area contributed by atoms with Crippen molar-refractivity contribution in [2.24, 2.45) is 11.3 Å². The van der Waals surface area contributed by atoms with Gasteiger partial charge in [-0.3, -0.25) is 4.79 Å². The topological polar surface area (TPSA) is 23.6 Å². The molecule has 3 nitrogen and oxygen atoms in total. The lowest BCUT2D eigenvalue weighted by atomic mass is 9.77. The Morgan fingerprint density at radius 3 is 2.89 bits per heavy atom. The van der Waals surface area contributed by atoms with Crippen LogP contribution in [0.2, 0.25) is 0 Å². The number of likely N-dealkylation sites (tertiary alicyclic amines) is 2. The molecule has 0 aromatic heterocycles. The van der Waals surface area contributed by atoms with Crippen LogP contribution in [0.4, 0.5) is 0 Å². The van der Waals surface area contributed by atoms with Crippen molar-refractivity contribution in [1.29, 1.82) is 0 Å². The van der Waals surface area contributed by atoms with E-state index in [1.165, 1.54) is 13.0 Å². The highest BCUT2D eigenvalue weighted by Gasteiger charge is 2.46. The van der Waals surface area contributed by atoms with E-state index in [1.54, 1.807) is 0 Å². The predicted molar refractivity (Wildman–Crippen MR) is 72.2 cm³/mol. The zero-order chi connectivity index (χ0) is 12.8. The Hall–Kier alpha value is -0.830. The highest BCUT2D eigenvalue weighted by Crippen LogP contribution is 2.39. The summed E-state index contributed by atoms with van der Waals surface area (Å²) >= 11 is 0. The molecule has 3 atom stereocenters. The summed E-state index contributed by atoms with van der Waals surface area (Å²) in [4.78, 5) is 17.4. The monoisotopic (exact) mass is 248 g/mol. The Bertz CT molecular complexity index is 379. The van der Waals surface area contributed by atoms with Gasteiger partial charge >= 0.3 is 0 Å². The van der Waals surface area contributed by atoms with Gasteiger partial charge in [0.25, 0.3) is 0 Å². The second kappa shape index (κ2) is 4.37. The smallest absolute Gasteiger partial charge is 0.229 e. The number of allylic oxidation sites excluding steroid dienone is 2. The van der Waals surface area contributed by atoms with Gasteiger partial charge in [0.15, 0.2) is 0 Å². The van der Waals surface area contributed by atoms with Crippen molar-refractivity contribution < 1.29 is 4.79 Å². The molecule has 0 spiro atoms. The maximum atomic E-state index is 12.8. The number of fused-ring (bicyclic) bond motifs is 1. The predicted octanol–water partition coefficient (Wildman–Crippen LogP) is 1.90. The summed E-state index contributed by atoms with van der Waals surface area (Å²) < 4.78 is 0. The summed E-state index contributed by atoms with van der Waals surface area (Å²) in [6.45, 7) is 5.39. The second-order valence-electron chi connectivity index (χ2n) is 6.61. The lowest BCUT2D eigenvalue weighted by Crippen LogP contribution is -2.47. The molecule has 2 aliphatic heterocycles. The van der Waals surface area contributed by atoms with E-state index in [4.69, 9.17) is 0 Å². The molecule has 0 N–H and O–H groups in total. The maximum absolute atomic E-state index is 12.8. The third-order valence-corrected chi connectivity index (χ3v) is 5.11. The van der Waals surface area contributed by atoms with E-state index >= 15 is 0 Å². The van der Waals surface area contributed by atoms with Gasteiger partial charge in [-0.1, -0.05) is 19.1 Å². The first kappa shape index (κ1) is 12.2. The first-order valence-electron chi connectivity index (χ1n) is 7.25. The van der Waals surface area contributed by atoms with E-state index in [2.05, 4.69) is 35.9 Å².